The molecule has 0 saturated heterocycles. The fraction of sp³-hybridized carbons (Fsp3) is 0.429. The molecule has 19 heavy (non-hydrogen) atoms. The maximum atomic E-state index is 12.0. The van der Waals surface area contributed by atoms with Crippen molar-refractivity contribution >= 4 is 33.3 Å². The first kappa shape index (κ1) is 14.1. The minimum Gasteiger partial charge on any atom is -0.497 e. The zero-order chi connectivity index (χ0) is 13.8. The van der Waals surface area contributed by atoms with Crippen LogP contribution in [0, 0.1) is 0 Å². The molecule has 0 radical (unpaired) electrons. The number of ether oxygens (including phenoxy) is 1. The van der Waals surface area contributed by atoms with Crippen LogP contribution in [0.3, 0.4) is 0 Å². The topological polar surface area (TPSA) is 46.6 Å². The van der Waals surface area contributed by atoms with Crippen molar-refractivity contribution < 1.29 is 14.3 Å². The number of carbonyl (C=O) groups excluding carboxylic acids is 2. The molecule has 4 nitrogen and oxygen atoms in total. The van der Waals surface area contributed by atoms with E-state index in [4.69, 9.17) is 4.74 Å². The van der Waals surface area contributed by atoms with E-state index in [0.717, 1.165) is 24.6 Å². The van der Waals surface area contributed by atoms with Crippen LogP contribution in [0.25, 0.3) is 0 Å². The van der Waals surface area contributed by atoms with Crippen molar-refractivity contribution in [2.75, 3.05) is 23.9 Å². The molecule has 0 unspecified atom stereocenters. The fourth-order valence-corrected chi connectivity index (χ4v) is 2.57. The fourth-order valence-electron chi connectivity index (χ4n) is 2.17. The van der Waals surface area contributed by atoms with E-state index in [-0.39, 0.29) is 0 Å². The molecule has 2 rings (SSSR count). The van der Waals surface area contributed by atoms with Gasteiger partial charge in [0.2, 0.25) is 0 Å². The van der Waals surface area contributed by atoms with Crippen LogP contribution >= 0.6 is 15.9 Å². The van der Waals surface area contributed by atoms with Crippen LogP contribution < -0.4 is 9.64 Å². The molecule has 102 valence electrons. The Morgan fingerprint density at radius 3 is 2.68 bits per heavy atom. The molecule has 0 aliphatic carbocycles. The van der Waals surface area contributed by atoms with E-state index in [1.54, 1.807) is 30.2 Å². The number of unbranched alkanes of at least 4 members (excludes halogenated alkanes) is 2. The lowest BCUT2D eigenvalue weighted by atomic mass is 10.1. The molecule has 1 aromatic rings. The van der Waals surface area contributed by atoms with Crippen LogP contribution in [0.1, 0.15) is 29.6 Å². The Kier molecular flexibility index (Phi) is 4.58. The van der Waals surface area contributed by atoms with Crippen LogP contribution in [0.2, 0.25) is 0 Å². The Balaban J connectivity index is 2.15. The number of Topliss-reactive ketones (excluding diaryl/α,β-unsaturated/α-hetero) is 1. The van der Waals surface area contributed by atoms with Gasteiger partial charge in [-0.2, -0.15) is 0 Å². The Morgan fingerprint density at radius 2 is 2.00 bits per heavy atom. The molecular formula is C14H16BrNO3. The molecule has 0 spiro atoms. The van der Waals surface area contributed by atoms with Gasteiger partial charge in [0, 0.05) is 11.9 Å². The molecule has 0 fully saturated rings. The number of alkyl halides is 1. The number of nitrogens with zero attached hydrogens (tertiary/aromatic N) is 1. The van der Waals surface area contributed by atoms with E-state index in [1.165, 1.54) is 0 Å². The van der Waals surface area contributed by atoms with Gasteiger partial charge in [0.15, 0.2) is 0 Å². The number of methoxy groups -OCH3 is 1. The summed E-state index contributed by atoms with van der Waals surface area (Å²) < 4.78 is 5.08. The number of hydrogen-bond donors (Lipinski definition) is 0. The third-order valence-corrected chi connectivity index (χ3v) is 3.75. The van der Waals surface area contributed by atoms with Crippen molar-refractivity contribution in [3.05, 3.63) is 23.8 Å². The molecule has 1 heterocycles. The predicted octanol–water partition coefficient (Wildman–Crippen LogP) is 2.79. The number of carbonyl (C=O) groups is 2. The zero-order valence-corrected chi connectivity index (χ0v) is 12.4. The Morgan fingerprint density at radius 1 is 1.21 bits per heavy atom. The number of rotatable bonds is 6. The quantitative estimate of drug-likeness (QED) is 0.459. The van der Waals surface area contributed by atoms with Crippen molar-refractivity contribution in [3.63, 3.8) is 0 Å². The number of hydrogen-bond acceptors (Lipinski definition) is 3. The first-order valence-corrected chi connectivity index (χ1v) is 7.41. The smallest absolute Gasteiger partial charge is 0.299 e. The monoisotopic (exact) mass is 325 g/mol. The average molecular weight is 326 g/mol. The van der Waals surface area contributed by atoms with E-state index < -0.39 is 11.7 Å². The number of amides is 1. The Bertz CT molecular complexity index is 501. The van der Waals surface area contributed by atoms with Crippen molar-refractivity contribution in [1.29, 1.82) is 0 Å². The largest absolute Gasteiger partial charge is 0.497 e. The summed E-state index contributed by atoms with van der Waals surface area (Å²) in [5.74, 6) is -0.266. The minimum atomic E-state index is -0.436. The SMILES string of the molecule is COc1ccc2c(c1)C(=O)C(=O)N2CCCCCBr. The lowest BCUT2D eigenvalue weighted by Gasteiger charge is -2.16. The lowest BCUT2D eigenvalue weighted by molar-refractivity contribution is -0.114. The molecular weight excluding hydrogens is 310 g/mol. The van der Waals surface area contributed by atoms with Crippen LogP contribution in [0.15, 0.2) is 18.2 Å². The molecule has 0 atom stereocenters. The highest BCUT2D eigenvalue weighted by atomic mass is 79.9. The van der Waals surface area contributed by atoms with Gasteiger partial charge in [-0.15, -0.1) is 0 Å². The summed E-state index contributed by atoms with van der Waals surface area (Å²) in [7, 11) is 1.54. The molecule has 1 aliphatic heterocycles. The highest BCUT2D eigenvalue weighted by molar-refractivity contribution is 9.09. The van der Waals surface area contributed by atoms with Crippen LogP contribution in [-0.2, 0) is 4.79 Å². The molecule has 0 aromatic heterocycles. The summed E-state index contributed by atoms with van der Waals surface area (Å²) in [4.78, 5) is 25.4. The van der Waals surface area contributed by atoms with Gasteiger partial charge in [-0.05, 0) is 31.0 Å². The lowest BCUT2D eigenvalue weighted by Crippen LogP contribution is -2.30. The highest BCUT2D eigenvalue weighted by Gasteiger charge is 2.35. The van der Waals surface area contributed by atoms with Crippen LogP contribution in [0.4, 0.5) is 5.69 Å². The Labute approximate surface area is 120 Å². The van der Waals surface area contributed by atoms with Crippen molar-refractivity contribution in [1.82, 2.24) is 0 Å². The molecule has 5 heteroatoms. The second-order valence-electron chi connectivity index (χ2n) is 4.42. The maximum Gasteiger partial charge on any atom is 0.299 e. The number of anilines is 1. The molecule has 0 saturated carbocycles. The highest BCUT2D eigenvalue weighted by Crippen LogP contribution is 2.32. The van der Waals surface area contributed by atoms with E-state index in [9.17, 15) is 9.59 Å². The second-order valence-corrected chi connectivity index (χ2v) is 5.21. The standard InChI is InChI=1S/C14H16BrNO3/c1-19-10-5-6-12-11(9-10)13(17)14(18)16(12)8-4-2-3-7-15/h5-6,9H,2-4,7-8H2,1H3. The van der Waals surface area contributed by atoms with Gasteiger partial charge >= 0.3 is 0 Å². The van der Waals surface area contributed by atoms with E-state index >= 15 is 0 Å². The Hall–Kier alpha value is -1.36. The third kappa shape index (κ3) is 2.81. The molecule has 1 aromatic carbocycles. The van der Waals surface area contributed by atoms with Crippen LogP contribution in [0.5, 0.6) is 5.75 Å². The van der Waals surface area contributed by atoms with Gasteiger partial charge in [0.05, 0.1) is 18.4 Å². The summed E-state index contributed by atoms with van der Waals surface area (Å²) in [6.45, 7) is 0.594. The predicted molar refractivity (Wildman–Crippen MR) is 77.3 cm³/mol. The summed E-state index contributed by atoms with van der Waals surface area (Å²) in [5, 5.41) is 0.966. The molecule has 1 aliphatic rings. The molecule has 1 amide bonds. The van der Waals surface area contributed by atoms with Gasteiger partial charge in [-0.25, -0.2) is 0 Å². The van der Waals surface area contributed by atoms with E-state index in [2.05, 4.69) is 15.9 Å². The third-order valence-electron chi connectivity index (χ3n) is 3.19. The van der Waals surface area contributed by atoms with Gasteiger partial charge in [-0.3, -0.25) is 9.59 Å². The number of halogens is 1. The summed E-state index contributed by atoms with van der Waals surface area (Å²) in [5.41, 5.74) is 1.15. The average Bonchev–Trinajstić information content (AvgIpc) is 2.67. The van der Waals surface area contributed by atoms with E-state index in [1.807, 2.05) is 0 Å². The van der Waals surface area contributed by atoms with Crippen LogP contribution in [-0.4, -0.2) is 30.7 Å². The van der Waals surface area contributed by atoms with Gasteiger partial charge < -0.3 is 9.64 Å². The first-order valence-electron chi connectivity index (χ1n) is 6.29. The molecule has 0 N–H and O–H groups in total. The van der Waals surface area contributed by atoms with Gasteiger partial charge in [-0.1, -0.05) is 22.4 Å². The van der Waals surface area contributed by atoms with Crippen molar-refractivity contribution in [2.45, 2.75) is 19.3 Å². The van der Waals surface area contributed by atoms with Gasteiger partial charge in [0.25, 0.3) is 11.7 Å². The number of ketones is 1. The van der Waals surface area contributed by atoms with Crippen molar-refractivity contribution in [3.8, 4) is 5.75 Å². The van der Waals surface area contributed by atoms with Gasteiger partial charge in [0.1, 0.15) is 5.75 Å². The second kappa shape index (κ2) is 6.19. The minimum absolute atomic E-state index is 0.429. The zero-order valence-electron chi connectivity index (χ0n) is 10.8. The summed E-state index contributed by atoms with van der Waals surface area (Å²) >= 11 is 3.38. The number of fused-ring (bicyclic) bond motifs is 1. The maximum absolute atomic E-state index is 12.0. The van der Waals surface area contributed by atoms with Crippen molar-refractivity contribution in [2.24, 2.45) is 0 Å². The molecule has 0 bridgehead atoms. The normalized spacial score (nSPS) is 13.9. The summed E-state index contributed by atoms with van der Waals surface area (Å²) in [6.07, 6.45) is 3.01. The summed E-state index contributed by atoms with van der Waals surface area (Å²) in [6, 6.07) is 5.19. The first-order chi connectivity index (χ1) is 9.19. The number of benzene rings is 1. The van der Waals surface area contributed by atoms with E-state index in [0.29, 0.717) is 23.5 Å².